The minimum absolute atomic E-state index is 0.0926. The molecule has 0 spiro atoms. The lowest BCUT2D eigenvalue weighted by molar-refractivity contribution is -0.124. The molecule has 0 aliphatic rings. The molecule has 50 heavy (non-hydrogen) atoms. The average Bonchev–Trinajstić information content (AvgIpc) is 3.13. The van der Waals surface area contributed by atoms with Crippen LogP contribution in [0.4, 0.5) is 0 Å². The summed E-state index contributed by atoms with van der Waals surface area (Å²) < 4.78 is 27.9. The second kappa shape index (κ2) is 22.8. The van der Waals surface area contributed by atoms with Crippen molar-refractivity contribution in [3.63, 3.8) is 0 Å². The quantitative estimate of drug-likeness (QED) is 0.0899. The van der Waals surface area contributed by atoms with E-state index in [-0.39, 0.29) is 35.0 Å². The number of carbonyl (C=O) groups is 3. The molecule has 0 unspecified atom stereocenters. The van der Waals surface area contributed by atoms with Gasteiger partial charge in [-0.25, -0.2) is 8.42 Å². The number of sulfonamides is 1. The van der Waals surface area contributed by atoms with E-state index in [0.717, 1.165) is 37.4 Å². The third-order valence-corrected chi connectivity index (χ3v) is 10.6. The summed E-state index contributed by atoms with van der Waals surface area (Å²) in [6.07, 6.45) is 19.1. The molecule has 272 valence electrons. The van der Waals surface area contributed by atoms with Crippen LogP contribution in [0.1, 0.15) is 142 Å². The second-order valence-electron chi connectivity index (χ2n) is 12.9. The number of nitrogens with one attached hydrogen (secondary N) is 1. The molecule has 0 aliphatic heterocycles. The van der Waals surface area contributed by atoms with Crippen molar-refractivity contribution in [2.45, 2.75) is 128 Å². The van der Waals surface area contributed by atoms with Crippen LogP contribution in [0.3, 0.4) is 0 Å². The Labute approximate surface area is 299 Å². The first-order valence-corrected chi connectivity index (χ1v) is 19.8. The molecular weight excluding hydrogens is 651 g/mol. The van der Waals surface area contributed by atoms with Crippen LogP contribution < -0.4 is 5.32 Å². The highest BCUT2D eigenvalue weighted by Gasteiger charge is 2.35. The van der Waals surface area contributed by atoms with Crippen molar-refractivity contribution in [3.05, 3.63) is 95.3 Å². The van der Waals surface area contributed by atoms with Crippen molar-refractivity contribution in [2.75, 3.05) is 6.54 Å². The number of unbranched alkanes of at least 4 members (excludes halogenated alkanes) is 14. The van der Waals surface area contributed by atoms with Crippen LogP contribution in [0, 0.1) is 0 Å². The van der Waals surface area contributed by atoms with E-state index < -0.39 is 21.8 Å². The van der Waals surface area contributed by atoms with Crippen LogP contribution in [0.2, 0.25) is 0 Å². The van der Waals surface area contributed by atoms with Gasteiger partial charge in [-0.2, -0.15) is 4.31 Å². The second-order valence-corrected chi connectivity index (χ2v) is 14.7. The van der Waals surface area contributed by atoms with Crippen LogP contribution >= 0.6 is 0 Å². The summed E-state index contributed by atoms with van der Waals surface area (Å²) in [4.78, 5) is 43.4. The Bertz CT molecular complexity index is 1540. The standard InChI is InChI=1S/C40H55N3O6S/c1-2-3-4-5-6-7-8-9-10-11-12-13-14-15-19-22-38(45)43(40(47)35-23-26-36(32-44)42-31-35)50(48,49)37-27-24-34(25-28-37)39(46)41-30-29-33-20-17-16-18-21-33/h16-18,20-21,23-28,31,44H,2-15,19,22,29-30,32H2,1H3,(H,41,46). The fourth-order valence-corrected chi connectivity index (χ4v) is 7.19. The molecule has 0 bridgehead atoms. The Kier molecular flexibility index (Phi) is 18.4. The Morgan fingerprint density at radius 1 is 0.700 bits per heavy atom. The lowest BCUT2D eigenvalue weighted by Crippen LogP contribution is -2.41. The van der Waals surface area contributed by atoms with E-state index >= 15 is 0 Å². The van der Waals surface area contributed by atoms with Gasteiger partial charge in [-0.3, -0.25) is 19.4 Å². The maximum absolute atomic E-state index is 13.8. The molecule has 3 amide bonds. The van der Waals surface area contributed by atoms with Gasteiger partial charge in [0.15, 0.2) is 0 Å². The van der Waals surface area contributed by atoms with E-state index in [1.54, 1.807) is 0 Å². The van der Waals surface area contributed by atoms with Crippen molar-refractivity contribution in [1.82, 2.24) is 14.6 Å². The van der Waals surface area contributed by atoms with Crippen molar-refractivity contribution in [2.24, 2.45) is 0 Å². The topological polar surface area (TPSA) is 134 Å². The van der Waals surface area contributed by atoms with Gasteiger partial charge in [0, 0.05) is 24.7 Å². The average molecular weight is 706 g/mol. The number of nitrogens with zero attached hydrogens (tertiary/aromatic N) is 2. The molecule has 9 nitrogen and oxygen atoms in total. The molecule has 1 heterocycles. The summed E-state index contributed by atoms with van der Waals surface area (Å²) in [7, 11) is -4.60. The maximum atomic E-state index is 13.8. The number of carbonyl (C=O) groups excluding carboxylic acids is 3. The van der Waals surface area contributed by atoms with Gasteiger partial charge in [0.25, 0.3) is 21.8 Å². The van der Waals surface area contributed by atoms with Gasteiger partial charge in [-0.1, -0.05) is 127 Å². The summed E-state index contributed by atoms with van der Waals surface area (Å²) in [5, 5.41) is 12.2. The van der Waals surface area contributed by atoms with Crippen LogP contribution in [-0.4, -0.2) is 47.1 Å². The zero-order valence-electron chi connectivity index (χ0n) is 29.7. The zero-order valence-corrected chi connectivity index (χ0v) is 30.5. The third kappa shape index (κ3) is 13.8. The Hall–Kier alpha value is -3.89. The summed E-state index contributed by atoms with van der Waals surface area (Å²) in [5.74, 6) is -2.20. The summed E-state index contributed by atoms with van der Waals surface area (Å²) in [6.45, 7) is 2.30. The fraction of sp³-hybridized carbons (Fsp3) is 0.500. The largest absolute Gasteiger partial charge is 0.390 e. The Balaban J connectivity index is 1.53. The lowest BCUT2D eigenvalue weighted by atomic mass is 10.0. The van der Waals surface area contributed by atoms with Crippen LogP contribution in [-0.2, 0) is 27.8 Å². The smallest absolute Gasteiger partial charge is 0.276 e. The van der Waals surface area contributed by atoms with Crippen molar-refractivity contribution < 1.29 is 27.9 Å². The third-order valence-electron chi connectivity index (χ3n) is 8.84. The molecule has 0 aliphatic carbocycles. The first kappa shape index (κ1) is 40.5. The molecule has 0 radical (unpaired) electrons. The van der Waals surface area contributed by atoms with Gasteiger partial charge < -0.3 is 10.4 Å². The highest BCUT2D eigenvalue weighted by atomic mass is 32.2. The predicted octanol–water partition coefficient (Wildman–Crippen LogP) is 8.17. The lowest BCUT2D eigenvalue weighted by Gasteiger charge is -2.21. The van der Waals surface area contributed by atoms with Gasteiger partial charge in [0.1, 0.15) is 0 Å². The van der Waals surface area contributed by atoms with Crippen LogP contribution in [0.5, 0.6) is 0 Å². The molecule has 3 aromatic rings. The van der Waals surface area contributed by atoms with Gasteiger partial charge >= 0.3 is 0 Å². The molecule has 3 rings (SSSR count). The van der Waals surface area contributed by atoms with Crippen molar-refractivity contribution in [3.8, 4) is 0 Å². The van der Waals surface area contributed by atoms with E-state index in [1.807, 2.05) is 30.3 Å². The van der Waals surface area contributed by atoms with Gasteiger partial charge in [0.2, 0.25) is 5.91 Å². The molecule has 2 N–H and O–H groups in total. The van der Waals surface area contributed by atoms with E-state index in [1.165, 1.54) is 101 Å². The highest BCUT2D eigenvalue weighted by molar-refractivity contribution is 7.90. The summed E-state index contributed by atoms with van der Waals surface area (Å²) >= 11 is 0. The molecule has 0 atom stereocenters. The van der Waals surface area contributed by atoms with E-state index in [9.17, 15) is 27.9 Å². The highest BCUT2D eigenvalue weighted by Crippen LogP contribution is 2.22. The van der Waals surface area contributed by atoms with Crippen molar-refractivity contribution >= 4 is 27.7 Å². The molecule has 0 saturated heterocycles. The maximum Gasteiger partial charge on any atom is 0.276 e. The minimum Gasteiger partial charge on any atom is -0.390 e. The number of hydrogen-bond donors (Lipinski definition) is 2. The zero-order chi connectivity index (χ0) is 36.0. The van der Waals surface area contributed by atoms with Crippen LogP contribution in [0.15, 0.2) is 77.8 Å². The monoisotopic (exact) mass is 705 g/mol. The number of rotatable bonds is 24. The first-order chi connectivity index (χ1) is 24.3. The summed E-state index contributed by atoms with van der Waals surface area (Å²) in [5.41, 5.74) is 1.54. The number of aromatic nitrogens is 1. The number of imide groups is 1. The van der Waals surface area contributed by atoms with E-state index in [2.05, 4.69) is 17.2 Å². The number of aliphatic hydroxyl groups excluding tert-OH is 1. The number of pyridine rings is 1. The van der Waals surface area contributed by atoms with Gasteiger partial charge in [-0.15, -0.1) is 0 Å². The number of benzene rings is 2. The molecule has 2 aromatic carbocycles. The molecule has 0 fully saturated rings. The van der Waals surface area contributed by atoms with E-state index in [4.69, 9.17) is 0 Å². The molecule has 10 heteroatoms. The normalized spacial score (nSPS) is 11.3. The molecule has 1 aromatic heterocycles. The SMILES string of the molecule is CCCCCCCCCCCCCCCCCC(=O)N(C(=O)c1ccc(CO)nc1)S(=O)(=O)c1ccc(C(=O)NCCc2ccccc2)cc1. The van der Waals surface area contributed by atoms with Crippen molar-refractivity contribution in [1.29, 1.82) is 0 Å². The fourth-order valence-electron chi connectivity index (χ4n) is 5.82. The number of amides is 3. The van der Waals surface area contributed by atoms with Gasteiger partial charge in [0.05, 0.1) is 22.8 Å². The molecule has 0 saturated carbocycles. The Morgan fingerprint density at radius 2 is 1.24 bits per heavy atom. The van der Waals surface area contributed by atoms with Gasteiger partial charge in [-0.05, 0) is 54.8 Å². The number of hydrogen-bond acceptors (Lipinski definition) is 7. The Morgan fingerprint density at radius 3 is 1.76 bits per heavy atom. The minimum atomic E-state index is -4.60. The molecular formula is C40H55N3O6S. The number of aliphatic hydroxyl groups is 1. The van der Waals surface area contributed by atoms with E-state index in [0.29, 0.717) is 29.4 Å². The first-order valence-electron chi connectivity index (χ1n) is 18.4. The predicted molar refractivity (Wildman–Crippen MR) is 197 cm³/mol. The summed E-state index contributed by atoms with van der Waals surface area (Å²) in [6, 6.07) is 17.7. The van der Waals surface area contributed by atoms with Crippen LogP contribution in [0.25, 0.3) is 0 Å².